The molecular formula is C12H8ClF3N2O2. The zero-order chi connectivity index (χ0) is 14.6. The molecule has 0 aliphatic rings. The second-order valence-corrected chi connectivity index (χ2v) is 4.13. The van der Waals surface area contributed by atoms with Gasteiger partial charge in [-0.05, 0) is 17.7 Å². The first kappa shape index (κ1) is 14.4. The number of benzene rings is 1. The minimum Gasteiger partial charge on any atom is -0.472 e. The van der Waals surface area contributed by atoms with Gasteiger partial charge in [-0.1, -0.05) is 23.7 Å². The van der Waals surface area contributed by atoms with Crippen molar-refractivity contribution in [2.24, 2.45) is 0 Å². The highest BCUT2D eigenvalue weighted by atomic mass is 35.5. The Balaban J connectivity index is 1.94. The summed E-state index contributed by atoms with van der Waals surface area (Å²) in [5.41, 5.74) is 0.654. The van der Waals surface area contributed by atoms with Gasteiger partial charge in [-0.25, -0.2) is 0 Å². The van der Waals surface area contributed by atoms with Gasteiger partial charge in [-0.2, -0.15) is 5.10 Å². The summed E-state index contributed by atoms with van der Waals surface area (Å²) < 4.78 is 45.0. The van der Waals surface area contributed by atoms with Crippen LogP contribution in [0.4, 0.5) is 13.2 Å². The third kappa shape index (κ3) is 4.58. The van der Waals surface area contributed by atoms with Crippen LogP contribution < -0.4 is 9.47 Å². The quantitative estimate of drug-likeness (QED) is 0.865. The van der Waals surface area contributed by atoms with Gasteiger partial charge in [-0.15, -0.1) is 18.3 Å². The van der Waals surface area contributed by atoms with Gasteiger partial charge in [0.2, 0.25) is 5.88 Å². The summed E-state index contributed by atoms with van der Waals surface area (Å²) in [7, 11) is 0. The van der Waals surface area contributed by atoms with Gasteiger partial charge in [0, 0.05) is 6.07 Å². The Kier molecular flexibility index (Phi) is 4.29. The molecule has 0 bridgehead atoms. The Hall–Kier alpha value is -2.02. The van der Waals surface area contributed by atoms with Crippen LogP contribution in [-0.2, 0) is 6.61 Å². The van der Waals surface area contributed by atoms with Gasteiger partial charge in [-0.3, -0.25) is 0 Å². The predicted octanol–water partition coefficient (Wildman–Crippen LogP) is 3.61. The number of ether oxygens (including phenoxy) is 2. The van der Waals surface area contributed by atoms with Crippen molar-refractivity contribution >= 4 is 11.6 Å². The van der Waals surface area contributed by atoms with Crippen LogP contribution in [0.1, 0.15) is 5.56 Å². The van der Waals surface area contributed by atoms with Crippen LogP contribution in [0.15, 0.2) is 36.5 Å². The molecule has 8 heteroatoms. The summed E-state index contributed by atoms with van der Waals surface area (Å²) in [6, 6.07) is 6.81. The fourth-order valence-electron chi connectivity index (χ4n) is 1.34. The van der Waals surface area contributed by atoms with Crippen molar-refractivity contribution in [1.82, 2.24) is 10.2 Å². The first-order valence-corrected chi connectivity index (χ1v) is 5.76. The van der Waals surface area contributed by atoms with E-state index in [1.807, 2.05) is 0 Å². The molecule has 0 saturated carbocycles. The molecule has 2 aromatic rings. The number of alkyl halides is 3. The lowest BCUT2D eigenvalue weighted by molar-refractivity contribution is -0.274. The number of hydrogen-bond donors (Lipinski definition) is 0. The number of nitrogens with zero attached hydrogens (tertiary/aromatic N) is 2. The van der Waals surface area contributed by atoms with Gasteiger partial charge >= 0.3 is 6.36 Å². The summed E-state index contributed by atoms with van der Waals surface area (Å²) in [5, 5.41) is 7.67. The lowest BCUT2D eigenvalue weighted by Gasteiger charge is -2.09. The van der Waals surface area contributed by atoms with Gasteiger partial charge in [0.25, 0.3) is 0 Å². The van der Waals surface area contributed by atoms with Crippen molar-refractivity contribution in [2.45, 2.75) is 13.0 Å². The Morgan fingerprint density at radius 1 is 1.15 bits per heavy atom. The molecule has 0 amide bonds. The number of hydrogen-bond acceptors (Lipinski definition) is 4. The molecule has 106 valence electrons. The monoisotopic (exact) mass is 304 g/mol. The van der Waals surface area contributed by atoms with Crippen LogP contribution in [0, 0.1) is 0 Å². The van der Waals surface area contributed by atoms with E-state index in [-0.39, 0.29) is 18.2 Å². The normalized spacial score (nSPS) is 11.2. The van der Waals surface area contributed by atoms with Crippen molar-refractivity contribution in [3.05, 3.63) is 47.1 Å². The third-order valence-electron chi connectivity index (χ3n) is 2.14. The molecule has 0 unspecified atom stereocenters. The Labute approximate surface area is 117 Å². The van der Waals surface area contributed by atoms with Crippen molar-refractivity contribution in [3.8, 4) is 11.6 Å². The standard InChI is InChI=1S/C12H8ClF3N2O2/c13-9-5-11(18-17-6-9)19-7-8-1-3-10(4-2-8)20-12(14,15)16/h1-6H,7H2. The predicted molar refractivity (Wildman–Crippen MR) is 64.5 cm³/mol. The van der Waals surface area contributed by atoms with Crippen molar-refractivity contribution in [2.75, 3.05) is 0 Å². The van der Waals surface area contributed by atoms with E-state index in [2.05, 4.69) is 14.9 Å². The topological polar surface area (TPSA) is 44.2 Å². The van der Waals surface area contributed by atoms with Gasteiger partial charge in [0.05, 0.1) is 11.2 Å². The van der Waals surface area contributed by atoms with E-state index in [1.54, 1.807) is 0 Å². The number of rotatable bonds is 4. The third-order valence-corrected chi connectivity index (χ3v) is 2.35. The van der Waals surface area contributed by atoms with E-state index >= 15 is 0 Å². The summed E-state index contributed by atoms with van der Waals surface area (Å²) in [5.74, 6) is -0.0584. The zero-order valence-corrected chi connectivity index (χ0v) is 10.6. The molecule has 0 aliphatic carbocycles. The van der Waals surface area contributed by atoms with Crippen LogP contribution >= 0.6 is 11.6 Å². The lowest BCUT2D eigenvalue weighted by Crippen LogP contribution is -2.17. The molecular weight excluding hydrogens is 297 g/mol. The SMILES string of the molecule is FC(F)(F)Oc1ccc(COc2cc(Cl)cnn2)cc1. The molecule has 1 aromatic heterocycles. The molecule has 0 aliphatic heterocycles. The minimum atomic E-state index is -4.70. The van der Waals surface area contributed by atoms with Crippen LogP contribution in [0.3, 0.4) is 0 Å². The Bertz CT molecular complexity index is 576. The summed E-state index contributed by atoms with van der Waals surface area (Å²) >= 11 is 5.70. The maximum absolute atomic E-state index is 12.0. The first-order chi connectivity index (χ1) is 9.42. The molecule has 0 spiro atoms. The largest absolute Gasteiger partial charge is 0.573 e. The average molecular weight is 305 g/mol. The highest BCUT2D eigenvalue weighted by Gasteiger charge is 2.30. The van der Waals surface area contributed by atoms with E-state index in [0.717, 1.165) is 0 Å². The van der Waals surface area contributed by atoms with E-state index < -0.39 is 6.36 Å². The lowest BCUT2D eigenvalue weighted by atomic mass is 10.2. The Morgan fingerprint density at radius 2 is 1.85 bits per heavy atom. The second kappa shape index (κ2) is 5.96. The number of aromatic nitrogens is 2. The molecule has 0 radical (unpaired) electrons. The first-order valence-electron chi connectivity index (χ1n) is 5.38. The summed E-state index contributed by atoms with van der Waals surface area (Å²) in [6.45, 7) is 0.126. The van der Waals surface area contributed by atoms with Crippen LogP contribution in [0.5, 0.6) is 11.6 Å². The van der Waals surface area contributed by atoms with E-state index in [4.69, 9.17) is 16.3 Å². The smallest absolute Gasteiger partial charge is 0.472 e. The van der Waals surface area contributed by atoms with E-state index in [9.17, 15) is 13.2 Å². The van der Waals surface area contributed by atoms with E-state index in [0.29, 0.717) is 10.6 Å². The molecule has 1 aromatic carbocycles. The van der Waals surface area contributed by atoms with Gasteiger partial charge < -0.3 is 9.47 Å². The fourth-order valence-corrected chi connectivity index (χ4v) is 1.48. The van der Waals surface area contributed by atoms with Gasteiger partial charge in [0.1, 0.15) is 12.4 Å². The van der Waals surface area contributed by atoms with Crippen LogP contribution in [0.25, 0.3) is 0 Å². The fraction of sp³-hybridized carbons (Fsp3) is 0.167. The second-order valence-electron chi connectivity index (χ2n) is 3.69. The highest BCUT2D eigenvalue weighted by molar-refractivity contribution is 6.30. The number of halogens is 4. The maximum Gasteiger partial charge on any atom is 0.573 e. The Morgan fingerprint density at radius 3 is 2.45 bits per heavy atom. The molecule has 0 atom stereocenters. The van der Waals surface area contributed by atoms with Crippen LogP contribution in [0.2, 0.25) is 5.02 Å². The summed E-state index contributed by atoms with van der Waals surface area (Å²) in [6.07, 6.45) is -3.34. The maximum atomic E-state index is 12.0. The molecule has 1 heterocycles. The van der Waals surface area contributed by atoms with E-state index in [1.165, 1.54) is 36.5 Å². The average Bonchev–Trinajstić information content (AvgIpc) is 2.36. The molecule has 4 nitrogen and oxygen atoms in total. The molecule has 2 rings (SSSR count). The van der Waals surface area contributed by atoms with Gasteiger partial charge in [0.15, 0.2) is 0 Å². The van der Waals surface area contributed by atoms with Crippen molar-refractivity contribution in [3.63, 3.8) is 0 Å². The molecule has 0 saturated heterocycles. The molecule has 20 heavy (non-hydrogen) atoms. The zero-order valence-electron chi connectivity index (χ0n) is 9.89. The minimum absolute atomic E-state index is 0.126. The molecule has 0 fully saturated rings. The van der Waals surface area contributed by atoms with Crippen LogP contribution in [-0.4, -0.2) is 16.6 Å². The highest BCUT2D eigenvalue weighted by Crippen LogP contribution is 2.23. The van der Waals surface area contributed by atoms with Crippen molar-refractivity contribution < 1.29 is 22.6 Å². The summed E-state index contributed by atoms with van der Waals surface area (Å²) in [4.78, 5) is 0. The molecule has 0 N–H and O–H groups in total. The van der Waals surface area contributed by atoms with Crippen molar-refractivity contribution in [1.29, 1.82) is 0 Å².